The van der Waals surface area contributed by atoms with Gasteiger partial charge < -0.3 is 15.2 Å². The number of aryl methyl sites for hydroxylation is 1. The van der Waals surface area contributed by atoms with Crippen molar-refractivity contribution in [2.45, 2.75) is 12.5 Å². The number of nitrogens with zero attached hydrogens (tertiary/aromatic N) is 2. The normalized spacial score (nSPS) is 18.7. The quantitative estimate of drug-likeness (QED) is 0.913. The second-order valence-corrected chi connectivity index (χ2v) is 4.71. The van der Waals surface area contributed by atoms with Gasteiger partial charge in [-0.1, -0.05) is 0 Å². The van der Waals surface area contributed by atoms with Gasteiger partial charge in [0.2, 0.25) is 0 Å². The lowest BCUT2D eigenvalue weighted by molar-refractivity contribution is 0.141. The highest BCUT2D eigenvalue weighted by Gasteiger charge is 2.17. The molecular weight excluding hydrogens is 242 g/mol. The molecule has 1 atom stereocenters. The predicted octanol–water partition coefficient (Wildman–Crippen LogP) is 1.84. The zero-order valence-electron chi connectivity index (χ0n) is 10.9. The summed E-state index contributed by atoms with van der Waals surface area (Å²) in [6.07, 6.45) is 1.13. The topological polar surface area (TPSA) is 62.3 Å². The number of benzene rings is 1. The third-order valence-electron chi connectivity index (χ3n) is 3.26. The van der Waals surface area contributed by atoms with Crippen molar-refractivity contribution in [1.29, 1.82) is 0 Å². The fourth-order valence-corrected chi connectivity index (χ4v) is 2.13. The molecule has 3 rings (SSSR count). The lowest BCUT2D eigenvalue weighted by Gasteiger charge is -2.11. The highest BCUT2D eigenvalue weighted by Crippen LogP contribution is 2.24. The number of nitrogens with two attached hydrogens (primary N) is 1. The van der Waals surface area contributed by atoms with Crippen LogP contribution in [0.2, 0.25) is 0 Å². The van der Waals surface area contributed by atoms with E-state index in [0.29, 0.717) is 12.4 Å². The van der Waals surface area contributed by atoms with E-state index in [0.717, 1.165) is 30.0 Å². The minimum absolute atomic E-state index is 0.177. The smallest absolute Gasteiger partial charge is 0.124 e. The molecule has 1 unspecified atom stereocenters. The van der Waals surface area contributed by atoms with E-state index in [1.165, 1.54) is 0 Å². The van der Waals surface area contributed by atoms with Gasteiger partial charge in [0.1, 0.15) is 17.7 Å². The van der Waals surface area contributed by atoms with Crippen LogP contribution in [-0.4, -0.2) is 29.1 Å². The van der Waals surface area contributed by atoms with Crippen LogP contribution in [0.1, 0.15) is 6.42 Å². The number of ether oxygens (including phenoxy) is 2. The average Bonchev–Trinajstić information content (AvgIpc) is 3.02. The Bertz CT molecular complexity index is 537. The van der Waals surface area contributed by atoms with Gasteiger partial charge in [0.05, 0.1) is 18.9 Å². The molecular formula is C14H17N3O2. The SMILES string of the molecule is Cn1nc(-c2ccc(OC3CCOC3)cc2)cc1N. The Hall–Kier alpha value is -2.01. The molecule has 0 bridgehead atoms. The van der Waals surface area contributed by atoms with Gasteiger partial charge in [-0.25, -0.2) is 0 Å². The first-order valence-corrected chi connectivity index (χ1v) is 6.37. The molecule has 5 heteroatoms. The summed E-state index contributed by atoms with van der Waals surface area (Å²) in [5.74, 6) is 1.52. The molecule has 0 radical (unpaired) electrons. The summed E-state index contributed by atoms with van der Waals surface area (Å²) in [4.78, 5) is 0. The highest BCUT2D eigenvalue weighted by atomic mass is 16.5. The fraction of sp³-hybridized carbons (Fsp3) is 0.357. The predicted molar refractivity (Wildman–Crippen MR) is 72.9 cm³/mol. The third-order valence-corrected chi connectivity index (χ3v) is 3.26. The van der Waals surface area contributed by atoms with E-state index in [1.54, 1.807) is 4.68 Å². The van der Waals surface area contributed by atoms with Gasteiger partial charge >= 0.3 is 0 Å². The van der Waals surface area contributed by atoms with E-state index in [2.05, 4.69) is 5.10 Å². The molecule has 19 heavy (non-hydrogen) atoms. The number of hydrogen-bond acceptors (Lipinski definition) is 4. The van der Waals surface area contributed by atoms with Gasteiger partial charge in [-0.3, -0.25) is 4.68 Å². The highest BCUT2D eigenvalue weighted by molar-refractivity contribution is 5.63. The Morgan fingerprint density at radius 3 is 2.74 bits per heavy atom. The van der Waals surface area contributed by atoms with E-state index >= 15 is 0 Å². The molecule has 1 fully saturated rings. The molecule has 0 amide bonds. The van der Waals surface area contributed by atoms with Crippen LogP contribution in [0.25, 0.3) is 11.3 Å². The van der Waals surface area contributed by atoms with Gasteiger partial charge in [-0.2, -0.15) is 5.10 Å². The maximum Gasteiger partial charge on any atom is 0.124 e. The standard InChI is InChI=1S/C14H17N3O2/c1-17-14(15)8-13(16-17)10-2-4-11(5-3-10)19-12-6-7-18-9-12/h2-5,8,12H,6-7,9,15H2,1H3. The molecule has 1 aromatic carbocycles. The molecule has 1 aliphatic heterocycles. The van der Waals surface area contributed by atoms with Crippen LogP contribution in [0.5, 0.6) is 5.75 Å². The minimum Gasteiger partial charge on any atom is -0.488 e. The maximum absolute atomic E-state index is 5.82. The Morgan fingerprint density at radius 1 is 1.37 bits per heavy atom. The second kappa shape index (κ2) is 4.93. The molecule has 1 aromatic heterocycles. The summed E-state index contributed by atoms with van der Waals surface area (Å²) in [7, 11) is 1.83. The van der Waals surface area contributed by atoms with Crippen LogP contribution >= 0.6 is 0 Å². The molecule has 2 aromatic rings. The molecule has 2 N–H and O–H groups in total. The van der Waals surface area contributed by atoms with Crippen molar-refractivity contribution in [1.82, 2.24) is 9.78 Å². The van der Waals surface area contributed by atoms with Gasteiger partial charge in [0, 0.05) is 25.1 Å². The lowest BCUT2D eigenvalue weighted by Crippen LogP contribution is -2.15. The first-order chi connectivity index (χ1) is 9.22. The molecule has 0 spiro atoms. The van der Waals surface area contributed by atoms with Crippen LogP contribution in [0, 0.1) is 0 Å². The second-order valence-electron chi connectivity index (χ2n) is 4.71. The van der Waals surface area contributed by atoms with Crippen LogP contribution in [0.3, 0.4) is 0 Å². The summed E-state index contributed by atoms with van der Waals surface area (Å²) in [6, 6.07) is 9.76. The van der Waals surface area contributed by atoms with Crippen LogP contribution in [-0.2, 0) is 11.8 Å². The van der Waals surface area contributed by atoms with Crippen molar-refractivity contribution in [3.05, 3.63) is 30.3 Å². The maximum atomic E-state index is 5.82. The van der Waals surface area contributed by atoms with Crippen LogP contribution < -0.4 is 10.5 Å². The summed E-state index contributed by atoms with van der Waals surface area (Å²) in [6.45, 7) is 1.47. The minimum atomic E-state index is 0.177. The average molecular weight is 259 g/mol. The van der Waals surface area contributed by atoms with E-state index < -0.39 is 0 Å². The molecule has 100 valence electrons. The van der Waals surface area contributed by atoms with E-state index in [-0.39, 0.29) is 6.10 Å². The van der Waals surface area contributed by atoms with Crippen molar-refractivity contribution in [3.63, 3.8) is 0 Å². The number of rotatable bonds is 3. The first-order valence-electron chi connectivity index (χ1n) is 6.37. The van der Waals surface area contributed by atoms with Crippen molar-refractivity contribution in [2.24, 2.45) is 7.05 Å². The Balaban J connectivity index is 1.74. The van der Waals surface area contributed by atoms with Crippen molar-refractivity contribution < 1.29 is 9.47 Å². The Labute approximate surface area is 111 Å². The Kier molecular flexibility index (Phi) is 3.13. The molecule has 0 aliphatic carbocycles. The first kappa shape index (κ1) is 12.0. The number of anilines is 1. The van der Waals surface area contributed by atoms with Crippen LogP contribution in [0.15, 0.2) is 30.3 Å². The van der Waals surface area contributed by atoms with Crippen molar-refractivity contribution in [3.8, 4) is 17.0 Å². The third kappa shape index (κ3) is 2.56. The largest absolute Gasteiger partial charge is 0.488 e. The molecule has 1 aliphatic rings. The number of nitrogen functional groups attached to an aromatic ring is 1. The van der Waals surface area contributed by atoms with E-state index in [1.807, 2.05) is 37.4 Å². The van der Waals surface area contributed by atoms with E-state index in [9.17, 15) is 0 Å². The lowest BCUT2D eigenvalue weighted by atomic mass is 10.1. The number of hydrogen-bond donors (Lipinski definition) is 1. The zero-order valence-corrected chi connectivity index (χ0v) is 10.9. The molecule has 0 saturated carbocycles. The molecule has 5 nitrogen and oxygen atoms in total. The zero-order chi connectivity index (χ0) is 13.2. The fourth-order valence-electron chi connectivity index (χ4n) is 2.13. The molecule has 2 heterocycles. The van der Waals surface area contributed by atoms with Gasteiger partial charge in [-0.05, 0) is 24.3 Å². The summed E-state index contributed by atoms with van der Waals surface area (Å²) in [5.41, 5.74) is 7.68. The monoisotopic (exact) mass is 259 g/mol. The number of aromatic nitrogens is 2. The van der Waals surface area contributed by atoms with E-state index in [4.69, 9.17) is 15.2 Å². The van der Waals surface area contributed by atoms with Crippen molar-refractivity contribution >= 4 is 5.82 Å². The molecule has 1 saturated heterocycles. The van der Waals surface area contributed by atoms with Gasteiger partial charge in [0.15, 0.2) is 0 Å². The summed E-state index contributed by atoms with van der Waals surface area (Å²) < 4.78 is 12.8. The summed E-state index contributed by atoms with van der Waals surface area (Å²) >= 11 is 0. The Morgan fingerprint density at radius 2 is 2.16 bits per heavy atom. The van der Waals surface area contributed by atoms with Gasteiger partial charge in [-0.15, -0.1) is 0 Å². The van der Waals surface area contributed by atoms with Crippen LogP contribution in [0.4, 0.5) is 5.82 Å². The summed E-state index contributed by atoms with van der Waals surface area (Å²) in [5, 5.41) is 4.34. The van der Waals surface area contributed by atoms with Crippen molar-refractivity contribution in [2.75, 3.05) is 18.9 Å². The van der Waals surface area contributed by atoms with Gasteiger partial charge in [0.25, 0.3) is 0 Å².